The van der Waals surface area contributed by atoms with Crippen LogP contribution in [0.2, 0.25) is 5.02 Å². The number of oxazole rings is 1. The zero-order valence-electron chi connectivity index (χ0n) is 16.8. The number of aromatic nitrogens is 2. The fourth-order valence-electron chi connectivity index (χ4n) is 3.66. The van der Waals surface area contributed by atoms with Crippen molar-refractivity contribution in [2.24, 2.45) is 10.2 Å². The van der Waals surface area contributed by atoms with Crippen LogP contribution >= 0.6 is 11.6 Å². The first-order valence-corrected chi connectivity index (χ1v) is 10.2. The topological polar surface area (TPSA) is 108 Å². The molecule has 160 valence electrons. The normalized spacial score (nSPS) is 19.3. The van der Waals surface area contributed by atoms with Crippen LogP contribution in [0.5, 0.6) is 0 Å². The quantitative estimate of drug-likeness (QED) is 0.435. The van der Waals surface area contributed by atoms with Crippen molar-refractivity contribution in [1.82, 2.24) is 14.9 Å². The van der Waals surface area contributed by atoms with Gasteiger partial charge in [-0.1, -0.05) is 11.6 Å². The SMILES string of the molecule is C[C@@H]1CC[C@@H](c2nc3cc(Cl)cnc3o2)CN1C(=O)c1ccc(F)cc1N=NCC=N. The highest BCUT2D eigenvalue weighted by Gasteiger charge is 2.33. The summed E-state index contributed by atoms with van der Waals surface area (Å²) in [4.78, 5) is 23.7. The third kappa shape index (κ3) is 4.46. The van der Waals surface area contributed by atoms with Crippen LogP contribution in [0.3, 0.4) is 0 Å². The number of halogens is 2. The van der Waals surface area contributed by atoms with Crippen molar-refractivity contribution in [2.75, 3.05) is 13.1 Å². The molecule has 1 aromatic carbocycles. The average Bonchev–Trinajstić information content (AvgIpc) is 3.17. The number of piperidine rings is 1. The monoisotopic (exact) mass is 442 g/mol. The summed E-state index contributed by atoms with van der Waals surface area (Å²) in [5.74, 6) is -0.364. The van der Waals surface area contributed by atoms with Crippen LogP contribution in [0, 0.1) is 11.2 Å². The third-order valence-corrected chi connectivity index (χ3v) is 5.47. The first-order chi connectivity index (χ1) is 15.0. The van der Waals surface area contributed by atoms with E-state index in [1.807, 2.05) is 6.92 Å². The second kappa shape index (κ2) is 8.89. The van der Waals surface area contributed by atoms with E-state index in [9.17, 15) is 9.18 Å². The number of hydrogen-bond acceptors (Lipinski definition) is 7. The molecule has 3 heterocycles. The number of likely N-dealkylation sites (tertiary alicyclic amines) is 1. The summed E-state index contributed by atoms with van der Waals surface area (Å²) in [6.45, 7) is 2.43. The number of azo groups is 1. The van der Waals surface area contributed by atoms with E-state index in [-0.39, 0.29) is 35.7 Å². The van der Waals surface area contributed by atoms with E-state index in [2.05, 4.69) is 20.2 Å². The Morgan fingerprint density at radius 1 is 1.42 bits per heavy atom. The van der Waals surface area contributed by atoms with E-state index in [0.29, 0.717) is 28.7 Å². The molecule has 0 spiro atoms. The molecule has 1 amide bonds. The van der Waals surface area contributed by atoms with E-state index in [1.54, 1.807) is 11.0 Å². The largest absolute Gasteiger partial charge is 0.422 e. The van der Waals surface area contributed by atoms with E-state index in [0.717, 1.165) is 19.1 Å². The minimum Gasteiger partial charge on any atom is -0.422 e. The van der Waals surface area contributed by atoms with Crippen molar-refractivity contribution >= 4 is 40.6 Å². The molecule has 1 aliphatic rings. The number of nitrogens with one attached hydrogen (secondary N) is 1. The van der Waals surface area contributed by atoms with E-state index in [1.165, 1.54) is 24.4 Å². The molecule has 1 saturated heterocycles. The van der Waals surface area contributed by atoms with Crippen molar-refractivity contribution in [3.63, 3.8) is 0 Å². The van der Waals surface area contributed by atoms with Crippen LogP contribution < -0.4 is 0 Å². The van der Waals surface area contributed by atoms with Gasteiger partial charge in [0, 0.05) is 31.1 Å². The molecule has 3 aromatic rings. The molecule has 8 nitrogen and oxygen atoms in total. The van der Waals surface area contributed by atoms with Crippen LogP contribution in [0.4, 0.5) is 10.1 Å². The Kier molecular flexibility index (Phi) is 6.03. The van der Waals surface area contributed by atoms with Gasteiger partial charge in [-0.05, 0) is 38.0 Å². The highest BCUT2D eigenvalue weighted by molar-refractivity contribution is 6.30. The highest BCUT2D eigenvalue weighted by Crippen LogP contribution is 2.33. The van der Waals surface area contributed by atoms with Gasteiger partial charge in [-0.15, -0.1) is 0 Å². The van der Waals surface area contributed by atoms with Gasteiger partial charge < -0.3 is 14.7 Å². The Labute approximate surface area is 182 Å². The van der Waals surface area contributed by atoms with Crippen LogP contribution in [-0.2, 0) is 0 Å². The molecule has 1 aliphatic heterocycles. The highest BCUT2D eigenvalue weighted by atomic mass is 35.5. The number of rotatable bonds is 5. The number of amides is 1. The molecule has 0 unspecified atom stereocenters. The smallest absolute Gasteiger partial charge is 0.256 e. The summed E-state index contributed by atoms with van der Waals surface area (Å²) >= 11 is 5.98. The summed E-state index contributed by atoms with van der Waals surface area (Å²) in [5.41, 5.74) is 1.38. The van der Waals surface area contributed by atoms with Gasteiger partial charge in [-0.2, -0.15) is 10.2 Å². The lowest BCUT2D eigenvalue weighted by Gasteiger charge is -2.37. The molecule has 0 bridgehead atoms. The average molecular weight is 443 g/mol. The summed E-state index contributed by atoms with van der Waals surface area (Å²) in [5, 5.41) is 15.3. The first kappa shape index (κ1) is 21.0. The zero-order chi connectivity index (χ0) is 22.0. The Hall–Kier alpha value is -3.20. The first-order valence-electron chi connectivity index (χ1n) is 9.85. The number of carbonyl (C=O) groups is 1. The predicted octanol–water partition coefficient (Wildman–Crippen LogP) is 5.16. The van der Waals surface area contributed by atoms with Crippen LogP contribution in [0.1, 0.15) is 41.9 Å². The molecule has 1 fully saturated rings. The summed E-state index contributed by atoms with van der Waals surface area (Å²) in [6, 6.07) is 5.49. The van der Waals surface area contributed by atoms with Crippen molar-refractivity contribution in [3.05, 3.63) is 52.8 Å². The lowest BCUT2D eigenvalue weighted by atomic mass is 9.92. The standard InChI is InChI=1S/C21H20ClFN6O2/c1-12-2-3-13(19-27-18-8-14(22)10-25-20(18)31-19)11-29(12)21(30)16-5-4-15(23)9-17(16)28-26-7-6-24/h4-6,8-10,12-13,24H,2-3,7,11H2,1H3/t12-,13-/m1/s1. The Bertz CT molecular complexity index is 1160. The Balaban J connectivity index is 1.61. The van der Waals surface area contributed by atoms with Gasteiger partial charge >= 0.3 is 0 Å². The van der Waals surface area contributed by atoms with Gasteiger partial charge in [0.1, 0.15) is 17.0 Å². The van der Waals surface area contributed by atoms with Gasteiger partial charge in [-0.3, -0.25) is 4.79 Å². The third-order valence-electron chi connectivity index (χ3n) is 5.26. The van der Waals surface area contributed by atoms with Crippen molar-refractivity contribution in [3.8, 4) is 0 Å². The molecule has 10 heteroatoms. The maximum Gasteiger partial charge on any atom is 0.256 e. The minimum absolute atomic E-state index is 0.0166. The van der Waals surface area contributed by atoms with Gasteiger partial charge in [-0.25, -0.2) is 14.4 Å². The summed E-state index contributed by atoms with van der Waals surface area (Å²) in [7, 11) is 0. The van der Waals surface area contributed by atoms with Gasteiger partial charge in [0.05, 0.1) is 23.0 Å². The lowest BCUT2D eigenvalue weighted by Crippen LogP contribution is -2.45. The molecule has 2 atom stereocenters. The van der Waals surface area contributed by atoms with Crippen LogP contribution in [0.25, 0.3) is 11.2 Å². The molecule has 2 aromatic heterocycles. The predicted molar refractivity (Wildman–Crippen MR) is 114 cm³/mol. The molecular weight excluding hydrogens is 423 g/mol. The van der Waals surface area contributed by atoms with Crippen molar-refractivity contribution < 1.29 is 13.6 Å². The molecule has 31 heavy (non-hydrogen) atoms. The Morgan fingerprint density at radius 2 is 2.26 bits per heavy atom. The molecular formula is C21H20ClFN6O2. The number of carbonyl (C=O) groups excluding carboxylic acids is 1. The van der Waals surface area contributed by atoms with Crippen LogP contribution in [0.15, 0.2) is 45.1 Å². The van der Waals surface area contributed by atoms with Crippen molar-refractivity contribution in [2.45, 2.75) is 31.7 Å². The molecule has 0 saturated carbocycles. The fraction of sp³-hybridized carbons (Fsp3) is 0.333. The molecule has 1 N–H and O–H groups in total. The van der Waals surface area contributed by atoms with Gasteiger partial charge in [0.15, 0.2) is 0 Å². The lowest BCUT2D eigenvalue weighted by molar-refractivity contribution is 0.0598. The molecule has 4 rings (SSSR count). The second-order valence-electron chi connectivity index (χ2n) is 7.40. The Morgan fingerprint density at radius 3 is 3.06 bits per heavy atom. The minimum atomic E-state index is -0.512. The number of pyridine rings is 1. The number of nitrogens with zero attached hydrogens (tertiary/aromatic N) is 5. The number of hydrogen-bond donors (Lipinski definition) is 1. The van der Waals surface area contributed by atoms with E-state index >= 15 is 0 Å². The van der Waals surface area contributed by atoms with E-state index in [4.69, 9.17) is 21.4 Å². The summed E-state index contributed by atoms with van der Waals surface area (Å²) in [6.07, 6.45) is 4.14. The fourth-order valence-corrected chi connectivity index (χ4v) is 3.81. The zero-order valence-corrected chi connectivity index (χ0v) is 17.5. The van der Waals surface area contributed by atoms with Gasteiger partial charge in [0.2, 0.25) is 11.6 Å². The van der Waals surface area contributed by atoms with E-state index < -0.39 is 5.82 Å². The summed E-state index contributed by atoms with van der Waals surface area (Å²) < 4.78 is 19.6. The van der Waals surface area contributed by atoms with Crippen molar-refractivity contribution in [1.29, 1.82) is 5.41 Å². The van der Waals surface area contributed by atoms with Crippen LogP contribution in [-0.4, -0.2) is 46.1 Å². The molecule has 0 radical (unpaired) electrons. The maximum atomic E-state index is 13.7. The number of fused-ring (bicyclic) bond motifs is 1. The molecule has 0 aliphatic carbocycles. The second-order valence-corrected chi connectivity index (χ2v) is 7.84. The maximum absolute atomic E-state index is 13.7. The van der Waals surface area contributed by atoms with Gasteiger partial charge in [0.25, 0.3) is 5.91 Å². The number of benzene rings is 1.